The molecule has 0 bridgehead atoms. The molecule has 0 spiro atoms. The molecule has 0 aliphatic rings. The first-order valence-electron chi connectivity index (χ1n) is 7.26. The van der Waals surface area contributed by atoms with Crippen molar-refractivity contribution in [3.05, 3.63) is 75.8 Å². The fraction of sp³-hybridized carbons (Fsp3) is 0.0556. The minimum atomic E-state index is -0.299. The standard InChI is InChI=1S/C18H14ClN3O2/c1-11(13-4-2-3-5-15(13)19)8-17(23)22-12-6-7-16-14(9-12)18(24)21-10-20-16/h2-10H,1H3,(H,22,23)(H,20,21,24). The predicted molar refractivity (Wildman–Crippen MR) is 96.1 cm³/mol. The van der Waals surface area contributed by atoms with Gasteiger partial charge in [-0.2, -0.15) is 0 Å². The maximum absolute atomic E-state index is 12.2. The lowest BCUT2D eigenvalue weighted by atomic mass is 10.1. The van der Waals surface area contributed by atoms with Gasteiger partial charge in [-0.15, -0.1) is 0 Å². The van der Waals surface area contributed by atoms with Crippen LogP contribution in [0, 0.1) is 0 Å². The number of carbonyl (C=O) groups excluding carboxylic acids is 1. The van der Waals surface area contributed by atoms with Crippen molar-refractivity contribution in [1.82, 2.24) is 9.97 Å². The molecular weight excluding hydrogens is 326 g/mol. The van der Waals surface area contributed by atoms with E-state index in [1.807, 2.05) is 25.1 Å². The van der Waals surface area contributed by atoms with E-state index in [4.69, 9.17) is 11.6 Å². The Morgan fingerprint density at radius 3 is 2.83 bits per heavy atom. The number of halogens is 1. The lowest BCUT2D eigenvalue weighted by molar-refractivity contribution is -0.111. The van der Waals surface area contributed by atoms with Gasteiger partial charge in [-0.1, -0.05) is 29.8 Å². The van der Waals surface area contributed by atoms with Crippen molar-refractivity contribution in [2.24, 2.45) is 0 Å². The molecule has 6 heteroatoms. The molecule has 3 aromatic rings. The second kappa shape index (κ2) is 6.68. The van der Waals surface area contributed by atoms with E-state index in [0.717, 1.165) is 11.1 Å². The van der Waals surface area contributed by atoms with Gasteiger partial charge in [0.05, 0.1) is 17.2 Å². The van der Waals surface area contributed by atoms with Crippen molar-refractivity contribution in [2.45, 2.75) is 6.92 Å². The Labute approximate surface area is 143 Å². The third kappa shape index (κ3) is 3.36. The summed E-state index contributed by atoms with van der Waals surface area (Å²) >= 11 is 6.13. The van der Waals surface area contributed by atoms with Gasteiger partial charge in [0.15, 0.2) is 0 Å². The highest BCUT2D eigenvalue weighted by molar-refractivity contribution is 6.32. The van der Waals surface area contributed by atoms with E-state index in [0.29, 0.717) is 21.6 Å². The predicted octanol–water partition coefficient (Wildman–Crippen LogP) is 3.62. The number of nitrogens with zero attached hydrogens (tertiary/aromatic N) is 1. The van der Waals surface area contributed by atoms with Crippen LogP contribution >= 0.6 is 11.6 Å². The second-order valence-corrected chi connectivity index (χ2v) is 5.67. The van der Waals surface area contributed by atoms with Crippen molar-refractivity contribution in [3.8, 4) is 0 Å². The number of carbonyl (C=O) groups is 1. The van der Waals surface area contributed by atoms with Crippen LogP contribution in [0.4, 0.5) is 5.69 Å². The van der Waals surface area contributed by atoms with E-state index in [1.54, 1.807) is 24.3 Å². The minimum Gasteiger partial charge on any atom is -0.322 e. The van der Waals surface area contributed by atoms with Crippen LogP contribution in [0.2, 0.25) is 5.02 Å². The summed E-state index contributed by atoms with van der Waals surface area (Å²) in [7, 11) is 0. The number of benzene rings is 2. The van der Waals surface area contributed by atoms with Gasteiger partial charge in [0.1, 0.15) is 0 Å². The first-order valence-corrected chi connectivity index (χ1v) is 7.64. The Balaban J connectivity index is 1.85. The lowest BCUT2D eigenvalue weighted by Gasteiger charge is -2.06. The summed E-state index contributed by atoms with van der Waals surface area (Å²) in [6.07, 6.45) is 2.82. The zero-order chi connectivity index (χ0) is 17.1. The maximum Gasteiger partial charge on any atom is 0.258 e. The number of fused-ring (bicyclic) bond motifs is 1. The molecule has 2 aromatic carbocycles. The summed E-state index contributed by atoms with van der Waals surface area (Å²) in [4.78, 5) is 30.6. The van der Waals surface area contributed by atoms with Crippen molar-refractivity contribution in [3.63, 3.8) is 0 Å². The Morgan fingerprint density at radius 1 is 1.25 bits per heavy atom. The molecule has 120 valence electrons. The molecule has 0 aliphatic carbocycles. The van der Waals surface area contributed by atoms with Crippen LogP contribution in [0.25, 0.3) is 16.5 Å². The van der Waals surface area contributed by atoms with Crippen LogP contribution in [0.15, 0.2) is 59.7 Å². The summed E-state index contributed by atoms with van der Waals surface area (Å²) in [6, 6.07) is 12.3. The molecule has 2 N–H and O–H groups in total. The molecule has 1 aromatic heterocycles. The topological polar surface area (TPSA) is 74.8 Å². The Bertz CT molecular complexity index is 1010. The Hall–Kier alpha value is -2.92. The van der Waals surface area contributed by atoms with E-state index >= 15 is 0 Å². The molecule has 1 heterocycles. The van der Waals surface area contributed by atoms with E-state index in [9.17, 15) is 9.59 Å². The lowest BCUT2D eigenvalue weighted by Crippen LogP contribution is -2.10. The average molecular weight is 340 g/mol. The zero-order valence-corrected chi connectivity index (χ0v) is 13.6. The molecule has 0 fully saturated rings. The number of rotatable bonds is 3. The number of H-pyrrole nitrogens is 1. The normalized spacial score (nSPS) is 11.5. The van der Waals surface area contributed by atoms with E-state index < -0.39 is 0 Å². The molecule has 0 radical (unpaired) electrons. The average Bonchev–Trinajstić information content (AvgIpc) is 2.56. The number of allylic oxidation sites excluding steroid dienone is 1. The van der Waals surface area contributed by atoms with Crippen LogP contribution in [0.3, 0.4) is 0 Å². The molecule has 24 heavy (non-hydrogen) atoms. The SMILES string of the molecule is CC(=CC(=O)Nc1ccc2nc[nH]c(=O)c2c1)c1ccccc1Cl. The number of amides is 1. The summed E-state index contributed by atoms with van der Waals surface area (Å²) in [5, 5.41) is 3.75. The molecular formula is C18H14ClN3O2. The van der Waals surface area contributed by atoms with Crippen molar-refractivity contribution in [2.75, 3.05) is 5.32 Å². The molecule has 5 nitrogen and oxygen atoms in total. The van der Waals surface area contributed by atoms with Gasteiger partial charge in [0, 0.05) is 16.8 Å². The van der Waals surface area contributed by atoms with E-state index in [-0.39, 0.29) is 11.5 Å². The fourth-order valence-electron chi connectivity index (χ4n) is 2.38. The minimum absolute atomic E-state index is 0.251. The number of hydrogen-bond donors (Lipinski definition) is 2. The summed E-state index contributed by atoms with van der Waals surface area (Å²) in [5.74, 6) is -0.299. The Kier molecular flexibility index (Phi) is 4.44. The molecule has 0 unspecified atom stereocenters. The molecule has 0 aliphatic heterocycles. The highest BCUT2D eigenvalue weighted by Gasteiger charge is 2.06. The number of nitrogens with one attached hydrogen (secondary N) is 2. The van der Waals surface area contributed by atoms with Gasteiger partial charge in [-0.05, 0) is 42.3 Å². The van der Waals surface area contributed by atoms with Gasteiger partial charge in [-0.25, -0.2) is 4.98 Å². The van der Waals surface area contributed by atoms with Crippen LogP contribution in [-0.2, 0) is 4.79 Å². The molecule has 0 saturated heterocycles. The highest BCUT2D eigenvalue weighted by atomic mass is 35.5. The second-order valence-electron chi connectivity index (χ2n) is 5.26. The monoisotopic (exact) mass is 339 g/mol. The number of hydrogen-bond acceptors (Lipinski definition) is 3. The van der Waals surface area contributed by atoms with Crippen LogP contribution < -0.4 is 10.9 Å². The Morgan fingerprint density at radius 2 is 2.04 bits per heavy atom. The summed E-state index contributed by atoms with van der Waals surface area (Å²) < 4.78 is 0. The zero-order valence-electron chi connectivity index (χ0n) is 12.8. The molecule has 1 amide bonds. The first kappa shape index (κ1) is 16.0. The third-order valence-corrected chi connectivity index (χ3v) is 3.88. The van der Waals surface area contributed by atoms with Gasteiger partial charge in [0.2, 0.25) is 5.91 Å². The quantitative estimate of drug-likeness (QED) is 0.716. The smallest absolute Gasteiger partial charge is 0.258 e. The largest absolute Gasteiger partial charge is 0.322 e. The fourth-order valence-corrected chi connectivity index (χ4v) is 2.66. The number of anilines is 1. The summed E-state index contributed by atoms with van der Waals surface area (Å²) in [5.41, 5.74) is 2.39. The van der Waals surface area contributed by atoms with Crippen molar-refractivity contribution >= 4 is 39.7 Å². The van der Waals surface area contributed by atoms with Crippen LogP contribution in [0.1, 0.15) is 12.5 Å². The van der Waals surface area contributed by atoms with Crippen LogP contribution in [-0.4, -0.2) is 15.9 Å². The van der Waals surface area contributed by atoms with E-state index in [2.05, 4.69) is 15.3 Å². The molecule has 0 atom stereocenters. The van der Waals surface area contributed by atoms with E-state index in [1.165, 1.54) is 12.4 Å². The van der Waals surface area contributed by atoms with Crippen molar-refractivity contribution in [1.29, 1.82) is 0 Å². The van der Waals surface area contributed by atoms with Gasteiger partial charge in [0.25, 0.3) is 5.56 Å². The van der Waals surface area contributed by atoms with Gasteiger partial charge in [-0.3, -0.25) is 9.59 Å². The third-order valence-electron chi connectivity index (χ3n) is 3.55. The van der Waals surface area contributed by atoms with Crippen LogP contribution in [0.5, 0.6) is 0 Å². The number of aromatic nitrogens is 2. The maximum atomic E-state index is 12.2. The first-order chi connectivity index (χ1) is 11.5. The highest BCUT2D eigenvalue weighted by Crippen LogP contribution is 2.23. The number of aromatic amines is 1. The van der Waals surface area contributed by atoms with Gasteiger partial charge >= 0.3 is 0 Å². The van der Waals surface area contributed by atoms with Gasteiger partial charge < -0.3 is 10.3 Å². The molecule has 0 saturated carbocycles. The molecule has 3 rings (SSSR count). The summed E-state index contributed by atoms with van der Waals surface area (Å²) in [6.45, 7) is 1.82. The van der Waals surface area contributed by atoms with Crippen molar-refractivity contribution < 1.29 is 4.79 Å².